The zero-order valence-corrected chi connectivity index (χ0v) is 12.2. The lowest BCUT2D eigenvalue weighted by Gasteiger charge is -2.19. The molecule has 1 atom stereocenters. The molecule has 0 spiro atoms. The molecule has 4 heteroatoms. The van der Waals surface area contributed by atoms with Crippen LogP contribution < -0.4 is 4.74 Å². The fraction of sp³-hybridized carbons (Fsp3) is 0.533. The zero-order valence-electron chi connectivity index (χ0n) is 11.5. The molecular weight excluding hydrogens is 264 g/mol. The maximum atomic E-state index is 11.0. The Labute approximate surface area is 119 Å². The minimum absolute atomic E-state index is 0.0481. The molecule has 1 rings (SSSR count). The molecule has 1 unspecified atom stereocenters. The second-order valence-electron chi connectivity index (χ2n) is 4.61. The van der Waals surface area contributed by atoms with Crippen LogP contribution in [-0.2, 0) is 4.79 Å². The molecule has 3 nitrogen and oxygen atoms in total. The lowest BCUT2D eigenvalue weighted by Crippen LogP contribution is -2.09. The molecule has 0 amide bonds. The van der Waals surface area contributed by atoms with E-state index in [0.29, 0.717) is 11.6 Å². The molecule has 1 N–H and O–H groups in total. The van der Waals surface area contributed by atoms with Gasteiger partial charge in [-0.25, -0.2) is 0 Å². The van der Waals surface area contributed by atoms with Gasteiger partial charge in [-0.1, -0.05) is 31.9 Å². The summed E-state index contributed by atoms with van der Waals surface area (Å²) >= 11 is 6.03. The first-order valence-corrected chi connectivity index (χ1v) is 7.10. The van der Waals surface area contributed by atoms with Gasteiger partial charge in [0.1, 0.15) is 5.75 Å². The Kier molecular flexibility index (Phi) is 6.71. The van der Waals surface area contributed by atoms with E-state index in [1.165, 1.54) is 0 Å². The third-order valence-corrected chi connectivity index (χ3v) is 3.17. The predicted molar refractivity (Wildman–Crippen MR) is 77.1 cm³/mol. The first-order chi connectivity index (χ1) is 9.08. The fourth-order valence-electron chi connectivity index (χ4n) is 2.11. The molecule has 1 aromatic carbocycles. The van der Waals surface area contributed by atoms with Crippen molar-refractivity contribution in [3.8, 4) is 5.75 Å². The minimum Gasteiger partial charge on any atom is -0.493 e. The van der Waals surface area contributed by atoms with Crippen LogP contribution in [0.5, 0.6) is 5.75 Å². The van der Waals surface area contributed by atoms with Crippen LogP contribution in [0.4, 0.5) is 0 Å². The third-order valence-electron chi connectivity index (χ3n) is 2.93. The summed E-state index contributed by atoms with van der Waals surface area (Å²) in [6, 6.07) is 5.44. The smallest absolute Gasteiger partial charge is 0.303 e. The standard InChI is InChI=1S/C15H21ClO3/c1-3-5-11(9-15(17)18)13-10-12(16)6-7-14(13)19-8-4-2/h6-7,10-11H,3-5,8-9H2,1-2H3,(H,17,18). The summed E-state index contributed by atoms with van der Waals surface area (Å²) in [6.45, 7) is 4.71. The van der Waals surface area contributed by atoms with Crippen molar-refractivity contribution in [3.05, 3.63) is 28.8 Å². The first-order valence-electron chi connectivity index (χ1n) is 6.72. The van der Waals surface area contributed by atoms with E-state index in [9.17, 15) is 4.79 Å². The molecule has 0 fully saturated rings. The van der Waals surface area contributed by atoms with Crippen molar-refractivity contribution in [1.82, 2.24) is 0 Å². The van der Waals surface area contributed by atoms with Crippen molar-refractivity contribution >= 4 is 17.6 Å². The Morgan fingerprint density at radius 3 is 2.68 bits per heavy atom. The van der Waals surface area contributed by atoms with Crippen molar-refractivity contribution in [2.75, 3.05) is 6.61 Å². The van der Waals surface area contributed by atoms with Gasteiger partial charge in [-0.2, -0.15) is 0 Å². The van der Waals surface area contributed by atoms with E-state index >= 15 is 0 Å². The summed E-state index contributed by atoms with van der Waals surface area (Å²) in [5.41, 5.74) is 0.908. The molecule has 0 radical (unpaired) electrons. The number of hydrogen-bond acceptors (Lipinski definition) is 2. The van der Waals surface area contributed by atoms with Crippen LogP contribution in [0.2, 0.25) is 5.02 Å². The summed E-state index contributed by atoms with van der Waals surface area (Å²) in [6.07, 6.45) is 2.77. The molecular formula is C15H21ClO3. The number of carboxylic acids is 1. The molecule has 0 aromatic heterocycles. The fourth-order valence-corrected chi connectivity index (χ4v) is 2.29. The number of aliphatic carboxylic acids is 1. The molecule has 0 saturated heterocycles. The van der Waals surface area contributed by atoms with Crippen LogP contribution in [0.15, 0.2) is 18.2 Å². The number of carbonyl (C=O) groups is 1. The zero-order chi connectivity index (χ0) is 14.3. The number of carboxylic acid groups (broad SMARTS) is 1. The molecule has 106 valence electrons. The van der Waals surface area contributed by atoms with Gasteiger partial charge in [0.2, 0.25) is 0 Å². The van der Waals surface area contributed by atoms with Crippen LogP contribution in [-0.4, -0.2) is 17.7 Å². The average molecular weight is 285 g/mol. The Balaban J connectivity index is 3.03. The lowest BCUT2D eigenvalue weighted by atomic mass is 9.91. The molecule has 0 aliphatic carbocycles. The average Bonchev–Trinajstić information content (AvgIpc) is 2.36. The number of hydrogen-bond donors (Lipinski definition) is 1. The third kappa shape index (κ3) is 5.11. The molecule has 0 heterocycles. The predicted octanol–water partition coefficient (Wildman–Crippen LogP) is 4.49. The Hall–Kier alpha value is -1.22. The lowest BCUT2D eigenvalue weighted by molar-refractivity contribution is -0.137. The number of rotatable bonds is 8. The molecule has 0 aliphatic rings. The van der Waals surface area contributed by atoms with Gasteiger partial charge < -0.3 is 9.84 Å². The summed E-state index contributed by atoms with van der Waals surface area (Å²) in [7, 11) is 0. The quantitative estimate of drug-likeness (QED) is 0.765. The first kappa shape index (κ1) is 15.8. The van der Waals surface area contributed by atoms with Gasteiger partial charge in [-0.15, -0.1) is 0 Å². The molecule has 1 aromatic rings. The van der Waals surface area contributed by atoms with Gasteiger partial charge in [0.15, 0.2) is 0 Å². The summed E-state index contributed by atoms with van der Waals surface area (Å²) in [4.78, 5) is 11.0. The van der Waals surface area contributed by atoms with E-state index in [0.717, 1.165) is 30.6 Å². The van der Waals surface area contributed by atoms with Gasteiger partial charge >= 0.3 is 5.97 Å². The molecule has 0 aliphatic heterocycles. The van der Waals surface area contributed by atoms with Crippen molar-refractivity contribution in [2.24, 2.45) is 0 Å². The van der Waals surface area contributed by atoms with E-state index in [4.69, 9.17) is 21.4 Å². The molecule has 0 saturated carbocycles. The van der Waals surface area contributed by atoms with Crippen LogP contribution >= 0.6 is 11.6 Å². The maximum absolute atomic E-state index is 11.0. The summed E-state index contributed by atoms with van der Waals surface area (Å²) in [5.74, 6) is -0.0844. The highest BCUT2D eigenvalue weighted by Crippen LogP contribution is 2.34. The van der Waals surface area contributed by atoms with Gasteiger partial charge in [0.25, 0.3) is 0 Å². The second-order valence-corrected chi connectivity index (χ2v) is 5.05. The van der Waals surface area contributed by atoms with Crippen molar-refractivity contribution in [2.45, 2.75) is 45.4 Å². The highest BCUT2D eigenvalue weighted by atomic mass is 35.5. The normalized spacial score (nSPS) is 12.2. The number of ether oxygens (including phenoxy) is 1. The van der Waals surface area contributed by atoms with Gasteiger partial charge in [0, 0.05) is 5.02 Å². The number of benzene rings is 1. The SMILES string of the molecule is CCCOc1ccc(Cl)cc1C(CCC)CC(=O)O. The van der Waals surface area contributed by atoms with E-state index < -0.39 is 5.97 Å². The topological polar surface area (TPSA) is 46.5 Å². The Bertz CT molecular complexity index is 418. The molecule has 19 heavy (non-hydrogen) atoms. The largest absolute Gasteiger partial charge is 0.493 e. The Morgan fingerprint density at radius 1 is 1.37 bits per heavy atom. The Morgan fingerprint density at radius 2 is 2.11 bits per heavy atom. The monoisotopic (exact) mass is 284 g/mol. The minimum atomic E-state index is -0.792. The second kappa shape index (κ2) is 8.05. The van der Waals surface area contributed by atoms with E-state index in [2.05, 4.69) is 0 Å². The van der Waals surface area contributed by atoms with Gasteiger partial charge in [0.05, 0.1) is 13.0 Å². The van der Waals surface area contributed by atoms with Crippen LogP contribution in [0.3, 0.4) is 0 Å². The van der Waals surface area contributed by atoms with Crippen molar-refractivity contribution in [1.29, 1.82) is 0 Å². The van der Waals surface area contributed by atoms with Crippen molar-refractivity contribution < 1.29 is 14.6 Å². The van der Waals surface area contributed by atoms with Crippen LogP contribution in [0.1, 0.15) is 51.0 Å². The van der Waals surface area contributed by atoms with Crippen LogP contribution in [0, 0.1) is 0 Å². The van der Waals surface area contributed by atoms with Gasteiger partial charge in [-0.05, 0) is 42.5 Å². The highest BCUT2D eigenvalue weighted by Gasteiger charge is 2.19. The van der Waals surface area contributed by atoms with E-state index in [1.54, 1.807) is 6.07 Å². The van der Waals surface area contributed by atoms with E-state index in [-0.39, 0.29) is 12.3 Å². The number of halogens is 1. The molecule has 0 bridgehead atoms. The van der Waals surface area contributed by atoms with Gasteiger partial charge in [-0.3, -0.25) is 4.79 Å². The van der Waals surface area contributed by atoms with E-state index in [1.807, 2.05) is 26.0 Å². The highest BCUT2D eigenvalue weighted by molar-refractivity contribution is 6.30. The van der Waals surface area contributed by atoms with Crippen LogP contribution in [0.25, 0.3) is 0 Å². The van der Waals surface area contributed by atoms with Crippen molar-refractivity contribution in [3.63, 3.8) is 0 Å². The maximum Gasteiger partial charge on any atom is 0.303 e. The summed E-state index contributed by atoms with van der Waals surface area (Å²) < 4.78 is 5.70. The summed E-state index contributed by atoms with van der Waals surface area (Å²) in [5, 5.41) is 9.65.